The number of nitrogens with zero attached hydrogens (tertiary/aromatic N) is 4. The highest BCUT2D eigenvalue weighted by molar-refractivity contribution is 7.99. The van der Waals surface area contributed by atoms with Crippen LogP contribution in [0.1, 0.15) is 27.2 Å². The molecule has 0 fully saturated rings. The maximum atomic E-state index is 4.02. The molecule has 1 N–H and O–H groups in total. The minimum absolute atomic E-state index is 0.661. The van der Waals surface area contributed by atoms with Gasteiger partial charge in [-0.05, 0) is 29.3 Å². The smallest absolute Gasteiger partial charge is 0.209 e. The van der Waals surface area contributed by atoms with E-state index in [2.05, 4.69) is 41.6 Å². The van der Waals surface area contributed by atoms with Crippen LogP contribution in [-0.4, -0.2) is 39.0 Å². The maximum absolute atomic E-state index is 4.02. The molecule has 0 saturated carbocycles. The second-order valence-corrected chi connectivity index (χ2v) is 5.13. The Labute approximate surface area is 101 Å². The zero-order valence-electron chi connectivity index (χ0n) is 10.3. The number of thioether (sulfide) groups is 1. The molecule has 0 unspecified atom stereocenters. The Bertz CT molecular complexity index is 286. The zero-order chi connectivity index (χ0) is 11.8. The van der Waals surface area contributed by atoms with Crippen LogP contribution in [-0.2, 0) is 6.54 Å². The maximum Gasteiger partial charge on any atom is 0.209 e. The number of tetrazole rings is 1. The molecule has 1 aromatic rings. The molecule has 0 spiro atoms. The molecule has 0 bridgehead atoms. The molecule has 92 valence electrons. The predicted molar refractivity (Wildman–Crippen MR) is 66.5 cm³/mol. The molecule has 0 saturated heterocycles. The Kier molecular flexibility index (Phi) is 6.40. The van der Waals surface area contributed by atoms with Crippen LogP contribution in [0.25, 0.3) is 0 Å². The number of hydrogen-bond donors (Lipinski definition) is 1. The van der Waals surface area contributed by atoms with Gasteiger partial charge in [-0.3, -0.25) is 0 Å². The first kappa shape index (κ1) is 13.4. The fourth-order valence-electron chi connectivity index (χ4n) is 1.17. The fourth-order valence-corrected chi connectivity index (χ4v) is 2.02. The van der Waals surface area contributed by atoms with Crippen molar-refractivity contribution >= 4 is 11.8 Å². The summed E-state index contributed by atoms with van der Waals surface area (Å²) in [7, 11) is 0. The molecule has 0 radical (unpaired) electrons. The van der Waals surface area contributed by atoms with Crippen molar-refractivity contribution in [2.45, 2.75) is 38.9 Å². The van der Waals surface area contributed by atoms with E-state index in [1.165, 1.54) is 0 Å². The third kappa shape index (κ3) is 4.94. The number of aromatic nitrogens is 4. The molecule has 0 aliphatic carbocycles. The van der Waals surface area contributed by atoms with Gasteiger partial charge in [0, 0.05) is 12.3 Å². The van der Waals surface area contributed by atoms with Crippen LogP contribution in [0.4, 0.5) is 0 Å². The minimum atomic E-state index is 0.661. The molecular formula is C10H21N5S. The van der Waals surface area contributed by atoms with Gasteiger partial charge in [-0.15, -0.1) is 5.10 Å². The van der Waals surface area contributed by atoms with E-state index >= 15 is 0 Å². The van der Waals surface area contributed by atoms with Crippen molar-refractivity contribution in [3.05, 3.63) is 0 Å². The quantitative estimate of drug-likeness (QED) is 0.553. The van der Waals surface area contributed by atoms with Crippen LogP contribution >= 0.6 is 11.8 Å². The summed E-state index contributed by atoms with van der Waals surface area (Å²) in [5.74, 6) is 1.72. The second-order valence-electron chi connectivity index (χ2n) is 4.14. The van der Waals surface area contributed by atoms with Gasteiger partial charge in [0.1, 0.15) is 0 Å². The standard InChI is InChI=1S/C10H21N5S/c1-4-5-11-6-7-15-10(12-13-14-15)16-8-9(2)3/h9,11H,4-8H2,1-3H3. The first-order valence-electron chi connectivity index (χ1n) is 5.83. The Balaban J connectivity index is 2.32. The van der Waals surface area contributed by atoms with E-state index < -0.39 is 0 Å². The van der Waals surface area contributed by atoms with Crippen LogP contribution in [0, 0.1) is 5.92 Å². The lowest BCUT2D eigenvalue weighted by atomic mass is 10.3. The highest BCUT2D eigenvalue weighted by Gasteiger charge is 2.06. The van der Waals surface area contributed by atoms with Gasteiger partial charge in [0.25, 0.3) is 0 Å². The lowest BCUT2D eigenvalue weighted by Crippen LogP contribution is -2.21. The van der Waals surface area contributed by atoms with Crippen LogP contribution < -0.4 is 5.32 Å². The molecule has 0 aliphatic heterocycles. The largest absolute Gasteiger partial charge is 0.315 e. The van der Waals surface area contributed by atoms with Crippen LogP contribution in [0.3, 0.4) is 0 Å². The van der Waals surface area contributed by atoms with E-state index in [1.54, 1.807) is 11.8 Å². The van der Waals surface area contributed by atoms with Gasteiger partial charge in [-0.1, -0.05) is 32.5 Å². The Morgan fingerprint density at radius 3 is 2.88 bits per heavy atom. The monoisotopic (exact) mass is 243 g/mol. The van der Waals surface area contributed by atoms with Crippen molar-refractivity contribution < 1.29 is 0 Å². The molecule has 0 atom stereocenters. The summed E-state index contributed by atoms with van der Waals surface area (Å²) in [6.07, 6.45) is 1.16. The Morgan fingerprint density at radius 1 is 1.38 bits per heavy atom. The Hall–Kier alpha value is -0.620. The third-order valence-corrected chi connectivity index (χ3v) is 3.36. The summed E-state index contributed by atoms with van der Waals surface area (Å²) < 4.78 is 1.87. The highest BCUT2D eigenvalue weighted by atomic mass is 32.2. The third-order valence-electron chi connectivity index (χ3n) is 1.97. The number of rotatable bonds is 8. The molecule has 1 heterocycles. The molecule has 1 aromatic heterocycles. The van der Waals surface area contributed by atoms with Crippen molar-refractivity contribution in [2.75, 3.05) is 18.8 Å². The summed E-state index contributed by atoms with van der Waals surface area (Å²) in [5.41, 5.74) is 0. The molecule has 0 amide bonds. The van der Waals surface area contributed by atoms with E-state index in [4.69, 9.17) is 0 Å². The minimum Gasteiger partial charge on any atom is -0.315 e. The van der Waals surface area contributed by atoms with E-state index in [0.29, 0.717) is 5.92 Å². The average Bonchev–Trinajstić information content (AvgIpc) is 2.69. The Morgan fingerprint density at radius 2 is 2.19 bits per heavy atom. The van der Waals surface area contributed by atoms with E-state index in [9.17, 15) is 0 Å². The predicted octanol–water partition coefficient (Wildman–Crippen LogP) is 1.42. The van der Waals surface area contributed by atoms with Crippen molar-refractivity contribution in [3.63, 3.8) is 0 Å². The fraction of sp³-hybridized carbons (Fsp3) is 0.900. The first-order chi connectivity index (χ1) is 7.74. The topological polar surface area (TPSA) is 55.6 Å². The van der Waals surface area contributed by atoms with E-state index in [0.717, 1.165) is 37.0 Å². The lowest BCUT2D eigenvalue weighted by molar-refractivity contribution is 0.510. The SMILES string of the molecule is CCCNCCn1nnnc1SCC(C)C. The summed E-state index contributed by atoms with van der Waals surface area (Å²) in [5, 5.41) is 16.0. The second kappa shape index (κ2) is 7.62. The van der Waals surface area contributed by atoms with Gasteiger partial charge in [-0.2, -0.15) is 0 Å². The molecular weight excluding hydrogens is 222 g/mol. The summed E-state index contributed by atoms with van der Waals surface area (Å²) in [6.45, 7) is 9.37. The van der Waals surface area contributed by atoms with Gasteiger partial charge in [-0.25, -0.2) is 4.68 Å². The van der Waals surface area contributed by atoms with E-state index in [1.807, 2.05) is 4.68 Å². The number of nitrogens with one attached hydrogen (secondary N) is 1. The van der Waals surface area contributed by atoms with Gasteiger partial charge in [0.2, 0.25) is 5.16 Å². The molecule has 0 aliphatic rings. The number of hydrogen-bond acceptors (Lipinski definition) is 5. The van der Waals surface area contributed by atoms with Gasteiger partial charge >= 0.3 is 0 Å². The molecule has 0 aromatic carbocycles. The average molecular weight is 243 g/mol. The lowest BCUT2D eigenvalue weighted by Gasteiger charge is -2.06. The van der Waals surface area contributed by atoms with Crippen molar-refractivity contribution in [2.24, 2.45) is 5.92 Å². The van der Waals surface area contributed by atoms with Gasteiger partial charge < -0.3 is 5.32 Å². The highest BCUT2D eigenvalue weighted by Crippen LogP contribution is 2.16. The van der Waals surface area contributed by atoms with Crippen molar-refractivity contribution in [1.82, 2.24) is 25.5 Å². The summed E-state index contributed by atoms with van der Waals surface area (Å²) >= 11 is 1.72. The molecule has 1 rings (SSSR count). The van der Waals surface area contributed by atoms with Crippen LogP contribution in [0.2, 0.25) is 0 Å². The first-order valence-corrected chi connectivity index (χ1v) is 6.82. The van der Waals surface area contributed by atoms with Gasteiger partial charge in [0.05, 0.1) is 6.54 Å². The van der Waals surface area contributed by atoms with Crippen molar-refractivity contribution in [3.8, 4) is 0 Å². The molecule has 6 heteroatoms. The van der Waals surface area contributed by atoms with Crippen molar-refractivity contribution in [1.29, 1.82) is 0 Å². The molecule has 16 heavy (non-hydrogen) atoms. The normalized spacial score (nSPS) is 11.2. The summed E-state index contributed by atoms with van der Waals surface area (Å²) in [4.78, 5) is 0. The molecule has 5 nitrogen and oxygen atoms in total. The van der Waals surface area contributed by atoms with Crippen LogP contribution in [0.15, 0.2) is 5.16 Å². The zero-order valence-corrected chi connectivity index (χ0v) is 11.1. The summed E-state index contributed by atoms with van der Waals surface area (Å²) in [6, 6.07) is 0. The van der Waals surface area contributed by atoms with E-state index in [-0.39, 0.29) is 0 Å². The van der Waals surface area contributed by atoms with Crippen LogP contribution in [0.5, 0.6) is 0 Å². The van der Waals surface area contributed by atoms with Gasteiger partial charge in [0.15, 0.2) is 0 Å².